The highest BCUT2D eigenvalue weighted by atomic mass is 32.2. The first-order valence-electron chi connectivity index (χ1n) is 7.30. The van der Waals surface area contributed by atoms with E-state index in [1.807, 2.05) is 0 Å². The number of thiophene rings is 2. The molecular formula is C14H15NO5S3. The summed E-state index contributed by atoms with van der Waals surface area (Å²) in [6.45, 7) is 1.97. The second kappa shape index (κ2) is 5.52. The molecule has 6 nitrogen and oxygen atoms in total. The number of carboxylic acid groups (broad SMARTS) is 1. The number of hydrogen-bond donors (Lipinski definition) is 2. The van der Waals surface area contributed by atoms with Gasteiger partial charge in [0.25, 0.3) is 0 Å². The molecule has 3 heterocycles. The molecule has 1 saturated carbocycles. The Morgan fingerprint density at radius 3 is 2.83 bits per heavy atom. The summed E-state index contributed by atoms with van der Waals surface area (Å²) in [5, 5.41) is 9.63. The van der Waals surface area contributed by atoms with Crippen LogP contribution in [0.1, 0.15) is 16.1 Å². The van der Waals surface area contributed by atoms with Crippen molar-refractivity contribution < 1.29 is 23.1 Å². The van der Waals surface area contributed by atoms with Crippen molar-refractivity contribution >= 4 is 48.1 Å². The van der Waals surface area contributed by atoms with Gasteiger partial charge in [-0.15, -0.1) is 22.7 Å². The molecule has 0 spiro atoms. The normalized spacial score (nSPS) is 27.0. The average molecular weight is 373 g/mol. The molecular weight excluding hydrogens is 358 g/mol. The lowest BCUT2D eigenvalue weighted by Gasteiger charge is -2.07. The molecule has 0 bridgehead atoms. The zero-order chi connectivity index (χ0) is 16.2. The predicted octanol–water partition coefficient (Wildman–Crippen LogP) is 2.22. The molecule has 3 unspecified atom stereocenters. The maximum atomic E-state index is 12.4. The Bertz CT molecular complexity index is 825. The summed E-state index contributed by atoms with van der Waals surface area (Å²) in [6, 6.07) is 3.07. The second-order valence-electron chi connectivity index (χ2n) is 5.93. The molecule has 9 heteroatoms. The largest absolute Gasteiger partial charge is 0.477 e. The van der Waals surface area contributed by atoms with Crippen molar-refractivity contribution in [3.8, 4) is 0 Å². The molecule has 2 aliphatic rings. The van der Waals surface area contributed by atoms with Crippen LogP contribution in [0.2, 0.25) is 0 Å². The molecule has 0 aromatic carbocycles. The molecule has 1 aliphatic heterocycles. The summed E-state index contributed by atoms with van der Waals surface area (Å²) in [7, 11) is -3.54. The van der Waals surface area contributed by atoms with Crippen molar-refractivity contribution in [3.05, 3.63) is 17.0 Å². The van der Waals surface area contributed by atoms with E-state index in [0.717, 1.165) is 46.3 Å². The van der Waals surface area contributed by atoms with E-state index < -0.39 is 16.0 Å². The van der Waals surface area contributed by atoms with Gasteiger partial charge in [0.1, 0.15) is 9.09 Å². The van der Waals surface area contributed by atoms with Crippen LogP contribution in [0.25, 0.3) is 9.40 Å². The van der Waals surface area contributed by atoms with Crippen LogP contribution >= 0.6 is 22.7 Å². The first-order valence-corrected chi connectivity index (χ1v) is 10.4. The number of carboxylic acids is 1. The molecule has 0 amide bonds. The highest BCUT2D eigenvalue weighted by molar-refractivity contribution is 7.92. The minimum atomic E-state index is -3.54. The van der Waals surface area contributed by atoms with Crippen LogP contribution in [-0.4, -0.2) is 39.3 Å². The fourth-order valence-electron chi connectivity index (χ4n) is 3.27. The fraction of sp³-hybridized carbons (Fsp3) is 0.500. The number of aromatic carboxylic acids is 1. The minimum absolute atomic E-state index is 0.227. The number of hydrogen-bond acceptors (Lipinski definition) is 6. The molecule has 0 radical (unpaired) electrons. The third-order valence-electron chi connectivity index (χ3n) is 4.59. The van der Waals surface area contributed by atoms with Crippen molar-refractivity contribution in [2.24, 2.45) is 17.8 Å². The van der Waals surface area contributed by atoms with Gasteiger partial charge in [0.15, 0.2) is 0 Å². The van der Waals surface area contributed by atoms with Crippen LogP contribution < -0.4 is 4.72 Å². The Labute approximate surface area is 141 Å². The molecule has 1 saturated heterocycles. The van der Waals surface area contributed by atoms with Gasteiger partial charge < -0.3 is 9.84 Å². The van der Waals surface area contributed by atoms with E-state index in [9.17, 15) is 13.2 Å². The van der Waals surface area contributed by atoms with Crippen LogP contribution in [0.5, 0.6) is 0 Å². The van der Waals surface area contributed by atoms with Gasteiger partial charge >= 0.3 is 5.97 Å². The smallest absolute Gasteiger partial charge is 0.345 e. The van der Waals surface area contributed by atoms with Gasteiger partial charge in [-0.1, -0.05) is 0 Å². The third kappa shape index (κ3) is 2.80. The molecule has 3 atom stereocenters. The minimum Gasteiger partial charge on any atom is -0.477 e. The summed E-state index contributed by atoms with van der Waals surface area (Å²) >= 11 is 2.23. The molecule has 23 heavy (non-hydrogen) atoms. The van der Waals surface area contributed by atoms with E-state index in [4.69, 9.17) is 9.84 Å². The second-order valence-corrected chi connectivity index (χ2v) is 10.3. The third-order valence-corrected chi connectivity index (χ3v) is 8.87. The number of fused-ring (bicyclic) bond motifs is 2. The van der Waals surface area contributed by atoms with E-state index in [1.54, 1.807) is 6.07 Å². The lowest BCUT2D eigenvalue weighted by atomic mass is 10.2. The maximum absolute atomic E-state index is 12.4. The molecule has 1 aliphatic carbocycles. The highest BCUT2D eigenvalue weighted by Crippen LogP contribution is 2.50. The Morgan fingerprint density at radius 1 is 1.35 bits per heavy atom. The summed E-state index contributed by atoms with van der Waals surface area (Å²) < 4.78 is 33.9. The summed E-state index contributed by atoms with van der Waals surface area (Å²) in [5.41, 5.74) is 0. The van der Waals surface area contributed by atoms with Gasteiger partial charge in [-0.05, 0) is 36.3 Å². The number of ether oxygens (including phenoxy) is 1. The van der Waals surface area contributed by atoms with Gasteiger partial charge in [0.2, 0.25) is 10.0 Å². The molecule has 2 aromatic heterocycles. The SMILES string of the molecule is O=C(O)c1cc2cc(S(=O)(=O)NCC3C4CCOCC43)sc2s1. The van der Waals surface area contributed by atoms with Gasteiger partial charge in [-0.3, -0.25) is 0 Å². The first kappa shape index (κ1) is 15.5. The van der Waals surface area contributed by atoms with Gasteiger partial charge in [0, 0.05) is 25.1 Å². The van der Waals surface area contributed by atoms with E-state index in [-0.39, 0.29) is 9.09 Å². The average Bonchev–Trinajstić information content (AvgIpc) is 2.83. The Hall–Kier alpha value is -1.00. The van der Waals surface area contributed by atoms with E-state index in [1.165, 1.54) is 6.07 Å². The summed E-state index contributed by atoms with van der Waals surface area (Å²) in [4.78, 5) is 11.2. The standard InChI is InChI=1S/C14H15NO5S3/c16-13(17)11-3-7-4-12(22-14(7)21-11)23(18,19)15-5-9-8-1-2-20-6-10(8)9/h3-4,8-10,15H,1-2,5-6H2,(H,16,17). The summed E-state index contributed by atoms with van der Waals surface area (Å²) in [6.07, 6.45) is 1.02. The lowest BCUT2D eigenvalue weighted by Crippen LogP contribution is -2.26. The Balaban J connectivity index is 1.47. The van der Waals surface area contributed by atoms with Crippen LogP contribution in [0.4, 0.5) is 0 Å². The van der Waals surface area contributed by atoms with Crippen LogP contribution in [-0.2, 0) is 14.8 Å². The lowest BCUT2D eigenvalue weighted by molar-refractivity contribution is 0.0702. The van der Waals surface area contributed by atoms with Gasteiger partial charge in [0.05, 0.1) is 4.01 Å². The molecule has 4 rings (SSSR count). The highest BCUT2D eigenvalue weighted by Gasteiger charge is 2.51. The molecule has 2 fully saturated rings. The quantitative estimate of drug-likeness (QED) is 0.838. The molecule has 2 aromatic rings. The monoisotopic (exact) mass is 373 g/mol. The fourth-order valence-corrected chi connectivity index (χ4v) is 7.15. The number of rotatable bonds is 5. The first-order chi connectivity index (χ1) is 11.0. The topological polar surface area (TPSA) is 92.7 Å². The summed E-state index contributed by atoms with van der Waals surface area (Å²) in [5.74, 6) is 0.485. The number of nitrogens with one attached hydrogen (secondary N) is 1. The van der Waals surface area contributed by atoms with Crippen LogP contribution in [0, 0.1) is 17.8 Å². The van der Waals surface area contributed by atoms with Crippen molar-refractivity contribution in [1.29, 1.82) is 0 Å². The van der Waals surface area contributed by atoms with Crippen molar-refractivity contribution in [1.82, 2.24) is 4.72 Å². The predicted molar refractivity (Wildman–Crippen MR) is 87.8 cm³/mol. The Kier molecular flexibility index (Phi) is 3.73. The van der Waals surface area contributed by atoms with Crippen molar-refractivity contribution in [3.63, 3.8) is 0 Å². The molecule has 2 N–H and O–H groups in total. The van der Waals surface area contributed by atoms with E-state index >= 15 is 0 Å². The van der Waals surface area contributed by atoms with E-state index in [0.29, 0.717) is 29.7 Å². The van der Waals surface area contributed by atoms with Crippen molar-refractivity contribution in [2.45, 2.75) is 10.6 Å². The van der Waals surface area contributed by atoms with E-state index in [2.05, 4.69) is 4.72 Å². The van der Waals surface area contributed by atoms with Gasteiger partial charge in [-0.2, -0.15) is 0 Å². The molecule has 124 valence electrons. The zero-order valence-electron chi connectivity index (χ0n) is 12.0. The zero-order valence-corrected chi connectivity index (χ0v) is 14.5. The number of carbonyl (C=O) groups is 1. The van der Waals surface area contributed by atoms with Crippen LogP contribution in [0.3, 0.4) is 0 Å². The maximum Gasteiger partial charge on any atom is 0.345 e. The van der Waals surface area contributed by atoms with Crippen LogP contribution in [0.15, 0.2) is 16.3 Å². The van der Waals surface area contributed by atoms with Gasteiger partial charge in [-0.25, -0.2) is 17.9 Å². The van der Waals surface area contributed by atoms with Crippen molar-refractivity contribution in [2.75, 3.05) is 19.8 Å². The number of sulfonamides is 1. The Morgan fingerprint density at radius 2 is 2.17 bits per heavy atom.